The molecule has 116 valence electrons. The van der Waals surface area contributed by atoms with Gasteiger partial charge in [-0.15, -0.1) is 0 Å². The fourth-order valence-electron chi connectivity index (χ4n) is 2.12. The summed E-state index contributed by atoms with van der Waals surface area (Å²) in [7, 11) is 1.83. The minimum Gasteiger partial charge on any atom is -0.292 e. The van der Waals surface area contributed by atoms with Gasteiger partial charge in [-0.25, -0.2) is 9.78 Å². The minimum atomic E-state index is -0.419. The first-order valence-electron chi connectivity index (χ1n) is 6.91. The van der Waals surface area contributed by atoms with Crippen LogP contribution in [0.15, 0.2) is 54.7 Å². The van der Waals surface area contributed by atoms with Crippen molar-refractivity contribution in [3.05, 3.63) is 59.8 Å². The number of nitrogens with one attached hydrogen (secondary N) is 2. The molecule has 1 aromatic carbocycles. The Balaban J connectivity index is 1.71. The van der Waals surface area contributed by atoms with E-state index in [1.54, 1.807) is 16.8 Å². The Hall–Kier alpha value is -2.86. The van der Waals surface area contributed by atoms with Gasteiger partial charge in [0.25, 0.3) is 0 Å². The molecule has 3 aromatic rings. The van der Waals surface area contributed by atoms with E-state index in [4.69, 9.17) is 11.6 Å². The minimum absolute atomic E-state index is 0.408. The lowest BCUT2D eigenvalue weighted by Crippen LogP contribution is -2.20. The zero-order chi connectivity index (χ0) is 16.2. The first-order chi connectivity index (χ1) is 11.1. The molecule has 0 unspecified atom stereocenters. The number of pyridine rings is 1. The van der Waals surface area contributed by atoms with E-state index in [0.29, 0.717) is 16.7 Å². The van der Waals surface area contributed by atoms with Gasteiger partial charge in [-0.05, 0) is 17.7 Å². The van der Waals surface area contributed by atoms with Gasteiger partial charge in [0.2, 0.25) is 0 Å². The number of amides is 2. The molecule has 0 fully saturated rings. The van der Waals surface area contributed by atoms with Crippen molar-refractivity contribution in [3.8, 4) is 11.3 Å². The molecule has 0 spiro atoms. The fraction of sp³-hybridized carbons (Fsp3) is 0.0625. The number of rotatable bonds is 3. The molecule has 0 saturated heterocycles. The van der Waals surface area contributed by atoms with Gasteiger partial charge in [-0.2, -0.15) is 5.10 Å². The molecule has 3 rings (SSSR count). The predicted molar refractivity (Wildman–Crippen MR) is 90.5 cm³/mol. The molecule has 2 N–H and O–H groups in total. The molecule has 6 nitrogen and oxygen atoms in total. The van der Waals surface area contributed by atoms with Gasteiger partial charge in [0.1, 0.15) is 5.82 Å². The van der Waals surface area contributed by atoms with Gasteiger partial charge in [-0.3, -0.25) is 15.3 Å². The molecule has 0 atom stereocenters. The lowest BCUT2D eigenvalue weighted by atomic mass is 10.1. The van der Waals surface area contributed by atoms with Crippen molar-refractivity contribution in [1.29, 1.82) is 0 Å². The van der Waals surface area contributed by atoms with Crippen LogP contribution in [0.1, 0.15) is 0 Å². The third kappa shape index (κ3) is 3.67. The molecule has 2 amide bonds. The van der Waals surface area contributed by atoms with Crippen LogP contribution < -0.4 is 10.6 Å². The lowest BCUT2D eigenvalue weighted by Gasteiger charge is -2.04. The van der Waals surface area contributed by atoms with Crippen LogP contribution in [0.5, 0.6) is 0 Å². The van der Waals surface area contributed by atoms with Crippen molar-refractivity contribution in [1.82, 2.24) is 14.8 Å². The van der Waals surface area contributed by atoms with Crippen LogP contribution in [-0.4, -0.2) is 20.8 Å². The van der Waals surface area contributed by atoms with E-state index in [9.17, 15) is 4.79 Å². The highest BCUT2D eigenvalue weighted by Gasteiger charge is 2.10. The molecule has 2 heterocycles. The maximum Gasteiger partial charge on any atom is 0.326 e. The molecule has 2 aromatic heterocycles. The van der Waals surface area contributed by atoms with E-state index in [1.807, 2.05) is 43.4 Å². The first kappa shape index (κ1) is 15.1. The molecule has 7 heteroatoms. The number of nitrogens with zero attached hydrogens (tertiary/aromatic N) is 3. The van der Waals surface area contributed by atoms with Gasteiger partial charge in [0, 0.05) is 19.3 Å². The van der Waals surface area contributed by atoms with Crippen molar-refractivity contribution in [2.24, 2.45) is 7.05 Å². The molecule has 0 bridgehead atoms. The van der Waals surface area contributed by atoms with Gasteiger partial charge in [-0.1, -0.05) is 41.9 Å². The van der Waals surface area contributed by atoms with Crippen LogP contribution >= 0.6 is 11.6 Å². The normalized spacial score (nSPS) is 10.3. The summed E-state index contributed by atoms with van der Waals surface area (Å²) in [5.74, 6) is 0.865. The molecule has 23 heavy (non-hydrogen) atoms. The summed E-state index contributed by atoms with van der Waals surface area (Å²) in [4.78, 5) is 16.0. The summed E-state index contributed by atoms with van der Waals surface area (Å²) in [6, 6.07) is 14.5. The Morgan fingerprint density at radius 3 is 2.52 bits per heavy atom. The largest absolute Gasteiger partial charge is 0.326 e. The third-order valence-corrected chi connectivity index (χ3v) is 3.38. The standard InChI is InChI=1S/C16H14ClN5O/c1-22-13(11-5-3-2-4-6-11)9-15(21-22)20-16(23)19-14-8-7-12(17)10-18-14/h2-10H,1H3,(H2,18,19,20,21,23). The van der Waals surface area contributed by atoms with E-state index in [0.717, 1.165) is 11.3 Å². The van der Waals surface area contributed by atoms with E-state index >= 15 is 0 Å². The van der Waals surface area contributed by atoms with Gasteiger partial charge in [0.05, 0.1) is 10.7 Å². The lowest BCUT2D eigenvalue weighted by molar-refractivity contribution is 0.262. The fourth-order valence-corrected chi connectivity index (χ4v) is 2.23. The van der Waals surface area contributed by atoms with Crippen molar-refractivity contribution < 1.29 is 4.79 Å². The highest BCUT2D eigenvalue weighted by molar-refractivity contribution is 6.30. The van der Waals surface area contributed by atoms with Crippen LogP contribution in [0, 0.1) is 0 Å². The van der Waals surface area contributed by atoms with E-state index in [-0.39, 0.29) is 0 Å². The first-order valence-corrected chi connectivity index (χ1v) is 7.28. The van der Waals surface area contributed by atoms with Gasteiger partial charge >= 0.3 is 6.03 Å². The van der Waals surface area contributed by atoms with Gasteiger partial charge < -0.3 is 0 Å². The average Bonchev–Trinajstić information content (AvgIpc) is 2.91. The smallest absolute Gasteiger partial charge is 0.292 e. The second-order valence-electron chi connectivity index (χ2n) is 4.85. The summed E-state index contributed by atoms with van der Waals surface area (Å²) in [6.07, 6.45) is 1.46. The molecule has 0 radical (unpaired) electrons. The monoisotopic (exact) mass is 327 g/mol. The number of anilines is 2. The number of aryl methyl sites for hydroxylation is 1. The Labute approximate surface area is 138 Å². The average molecular weight is 328 g/mol. The van der Waals surface area contributed by atoms with Gasteiger partial charge in [0.15, 0.2) is 5.82 Å². The number of benzene rings is 1. The zero-order valence-electron chi connectivity index (χ0n) is 12.3. The molecule has 0 saturated carbocycles. The van der Waals surface area contributed by atoms with Crippen LogP contribution in [0.4, 0.5) is 16.4 Å². The molecule has 0 aliphatic heterocycles. The molecule has 0 aliphatic rings. The van der Waals surface area contributed by atoms with Crippen LogP contribution in [0.3, 0.4) is 0 Å². The molecular formula is C16H14ClN5O. The molecule has 0 aliphatic carbocycles. The highest BCUT2D eigenvalue weighted by Crippen LogP contribution is 2.21. The summed E-state index contributed by atoms with van der Waals surface area (Å²) < 4.78 is 1.71. The Bertz CT molecular complexity index is 814. The molecular weight excluding hydrogens is 314 g/mol. The maximum atomic E-state index is 12.0. The van der Waals surface area contributed by atoms with Crippen molar-refractivity contribution in [3.63, 3.8) is 0 Å². The number of halogens is 1. The number of aromatic nitrogens is 3. The number of carbonyl (C=O) groups is 1. The number of urea groups is 1. The van der Waals surface area contributed by atoms with E-state index in [2.05, 4.69) is 20.7 Å². The van der Waals surface area contributed by atoms with Crippen LogP contribution in [-0.2, 0) is 7.05 Å². The van der Waals surface area contributed by atoms with E-state index < -0.39 is 6.03 Å². The summed E-state index contributed by atoms with van der Waals surface area (Å²) >= 11 is 5.75. The zero-order valence-corrected chi connectivity index (χ0v) is 13.1. The SMILES string of the molecule is Cn1nc(NC(=O)Nc2ccc(Cl)cn2)cc1-c1ccccc1. The Morgan fingerprint density at radius 2 is 1.83 bits per heavy atom. The highest BCUT2D eigenvalue weighted by atomic mass is 35.5. The summed E-state index contributed by atoms with van der Waals surface area (Å²) in [5, 5.41) is 10.1. The topological polar surface area (TPSA) is 71.8 Å². The third-order valence-electron chi connectivity index (χ3n) is 3.16. The summed E-state index contributed by atoms with van der Waals surface area (Å²) in [5.41, 5.74) is 1.93. The van der Waals surface area contributed by atoms with Crippen molar-refractivity contribution in [2.45, 2.75) is 0 Å². The number of hydrogen-bond donors (Lipinski definition) is 2. The predicted octanol–water partition coefficient (Wildman–Crippen LogP) is 3.78. The maximum absolute atomic E-state index is 12.0. The number of hydrogen-bond acceptors (Lipinski definition) is 3. The van der Waals surface area contributed by atoms with E-state index in [1.165, 1.54) is 6.20 Å². The van der Waals surface area contributed by atoms with Crippen LogP contribution in [0.2, 0.25) is 5.02 Å². The van der Waals surface area contributed by atoms with Crippen molar-refractivity contribution in [2.75, 3.05) is 10.6 Å². The van der Waals surface area contributed by atoms with Crippen LogP contribution in [0.25, 0.3) is 11.3 Å². The second-order valence-corrected chi connectivity index (χ2v) is 5.28. The Morgan fingerprint density at radius 1 is 1.09 bits per heavy atom. The second kappa shape index (κ2) is 6.50. The Kier molecular flexibility index (Phi) is 4.25. The number of carbonyl (C=O) groups excluding carboxylic acids is 1. The summed E-state index contributed by atoms with van der Waals surface area (Å²) in [6.45, 7) is 0. The quantitative estimate of drug-likeness (QED) is 0.769. The van der Waals surface area contributed by atoms with Crippen molar-refractivity contribution >= 4 is 29.3 Å².